The van der Waals surface area contributed by atoms with Gasteiger partial charge in [-0.15, -0.1) is 0 Å². The minimum absolute atomic E-state index is 0.327. The lowest BCUT2D eigenvalue weighted by molar-refractivity contribution is 0.396. The van der Waals surface area contributed by atoms with E-state index in [1.165, 1.54) is 11.1 Å². The van der Waals surface area contributed by atoms with Crippen molar-refractivity contribution in [3.05, 3.63) is 35.4 Å². The molecule has 1 saturated heterocycles. The molecule has 0 N–H and O–H groups in total. The first kappa shape index (κ1) is 10.1. The van der Waals surface area contributed by atoms with E-state index in [2.05, 4.69) is 43.8 Å². The second kappa shape index (κ2) is 4.37. The van der Waals surface area contributed by atoms with E-state index in [1.54, 1.807) is 0 Å². The number of aryl methyl sites for hydroxylation is 1. The molecule has 14 heavy (non-hydrogen) atoms. The van der Waals surface area contributed by atoms with Gasteiger partial charge < -0.3 is 4.74 Å². The van der Waals surface area contributed by atoms with Crippen LogP contribution < -0.4 is 0 Å². The molecule has 1 aromatic rings. The number of hydrogen-bond donors (Lipinski definition) is 1. The number of ether oxygens (including phenoxy) is 1. The molecule has 0 unspecified atom stereocenters. The highest BCUT2D eigenvalue weighted by molar-refractivity contribution is 7.80. The molecule has 2 atom stereocenters. The summed E-state index contributed by atoms with van der Waals surface area (Å²) in [5, 5.41) is 0.327. The van der Waals surface area contributed by atoms with Crippen LogP contribution in [0.3, 0.4) is 0 Å². The van der Waals surface area contributed by atoms with Crippen LogP contribution in [0.25, 0.3) is 0 Å². The quantitative estimate of drug-likeness (QED) is 0.592. The van der Waals surface area contributed by atoms with E-state index in [0.717, 1.165) is 19.4 Å². The first-order valence-corrected chi connectivity index (χ1v) is 5.69. The second-order valence-electron chi connectivity index (χ2n) is 3.80. The van der Waals surface area contributed by atoms with Gasteiger partial charge in [0, 0.05) is 5.25 Å². The first-order valence-electron chi connectivity index (χ1n) is 5.18. The average Bonchev–Trinajstić information content (AvgIpc) is 3.02. The van der Waals surface area contributed by atoms with Gasteiger partial charge in [-0.1, -0.05) is 31.2 Å². The highest BCUT2D eigenvalue weighted by atomic mass is 32.1. The Bertz CT molecular complexity index is 290. The maximum atomic E-state index is 5.20. The van der Waals surface area contributed by atoms with Crippen molar-refractivity contribution in [2.45, 2.75) is 31.1 Å². The molecule has 1 aromatic carbocycles. The smallest absolute Gasteiger partial charge is 0.0823 e. The summed E-state index contributed by atoms with van der Waals surface area (Å²) in [5.74, 6) is 0. The molecule has 0 saturated carbocycles. The predicted octanol–water partition coefficient (Wildman–Crippen LogP) is 3.01. The van der Waals surface area contributed by atoms with Gasteiger partial charge in [-0.3, -0.25) is 0 Å². The van der Waals surface area contributed by atoms with Gasteiger partial charge in [-0.25, -0.2) is 0 Å². The highest BCUT2D eigenvalue weighted by Crippen LogP contribution is 2.30. The van der Waals surface area contributed by atoms with Gasteiger partial charge in [0.1, 0.15) is 0 Å². The molecule has 1 fully saturated rings. The fraction of sp³-hybridized carbons (Fsp3) is 0.500. The van der Waals surface area contributed by atoms with Crippen LogP contribution in [0.2, 0.25) is 0 Å². The monoisotopic (exact) mass is 208 g/mol. The summed E-state index contributed by atoms with van der Waals surface area (Å²) < 4.78 is 5.20. The summed E-state index contributed by atoms with van der Waals surface area (Å²) >= 11 is 4.58. The van der Waals surface area contributed by atoms with Crippen LogP contribution in [-0.2, 0) is 11.2 Å². The fourth-order valence-corrected chi connectivity index (χ4v) is 1.97. The van der Waals surface area contributed by atoms with E-state index in [0.29, 0.717) is 11.4 Å². The van der Waals surface area contributed by atoms with Crippen LogP contribution in [-0.4, -0.2) is 12.7 Å². The molecular formula is C12H16OS. The third-order valence-electron chi connectivity index (χ3n) is 2.66. The summed E-state index contributed by atoms with van der Waals surface area (Å²) in [6, 6.07) is 8.73. The molecule has 0 aliphatic carbocycles. The van der Waals surface area contributed by atoms with E-state index in [4.69, 9.17) is 4.74 Å². The van der Waals surface area contributed by atoms with Gasteiger partial charge in [0.15, 0.2) is 0 Å². The molecular weight excluding hydrogens is 192 g/mol. The molecule has 2 rings (SSSR count). The molecule has 1 heterocycles. The van der Waals surface area contributed by atoms with Gasteiger partial charge >= 0.3 is 0 Å². The SMILES string of the molecule is CCc1ccc([C@H](S)C[C@H]2CO2)cc1. The van der Waals surface area contributed by atoms with Crippen LogP contribution in [0.4, 0.5) is 0 Å². The molecule has 0 aromatic heterocycles. The molecule has 1 aliphatic heterocycles. The summed E-state index contributed by atoms with van der Waals surface area (Å²) in [7, 11) is 0. The Morgan fingerprint density at radius 3 is 2.57 bits per heavy atom. The maximum Gasteiger partial charge on any atom is 0.0823 e. The van der Waals surface area contributed by atoms with Crippen LogP contribution >= 0.6 is 12.6 Å². The van der Waals surface area contributed by atoms with Crippen LogP contribution in [0.15, 0.2) is 24.3 Å². The first-order chi connectivity index (χ1) is 6.79. The Labute approximate surface area is 90.9 Å². The van der Waals surface area contributed by atoms with E-state index in [9.17, 15) is 0 Å². The lowest BCUT2D eigenvalue weighted by Crippen LogP contribution is -1.96. The Kier molecular flexibility index (Phi) is 3.14. The minimum atomic E-state index is 0.327. The largest absolute Gasteiger partial charge is 0.373 e. The second-order valence-corrected chi connectivity index (χ2v) is 4.43. The van der Waals surface area contributed by atoms with Crippen LogP contribution in [0.5, 0.6) is 0 Å². The molecule has 0 spiro atoms. The lowest BCUT2D eigenvalue weighted by Gasteiger charge is -2.09. The number of thiol groups is 1. The molecule has 76 valence electrons. The summed E-state index contributed by atoms with van der Waals surface area (Å²) in [6.45, 7) is 3.09. The maximum absolute atomic E-state index is 5.20. The van der Waals surface area contributed by atoms with Crippen molar-refractivity contribution < 1.29 is 4.74 Å². The van der Waals surface area contributed by atoms with E-state index in [-0.39, 0.29) is 0 Å². The third-order valence-corrected chi connectivity index (χ3v) is 3.17. The van der Waals surface area contributed by atoms with Gasteiger partial charge in [-0.05, 0) is 24.0 Å². The van der Waals surface area contributed by atoms with Crippen LogP contribution in [0.1, 0.15) is 29.7 Å². The Balaban J connectivity index is 1.99. The van der Waals surface area contributed by atoms with Gasteiger partial charge in [0.25, 0.3) is 0 Å². The van der Waals surface area contributed by atoms with Gasteiger partial charge in [-0.2, -0.15) is 12.6 Å². The Hall–Kier alpha value is -0.470. The van der Waals surface area contributed by atoms with E-state index >= 15 is 0 Å². The molecule has 2 heteroatoms. The van der Waals surface area contributed by atoms with Gasteiger partial charge in [0.2, 0.25) is 0 Å². The van der Waals surface area contributed by atoms with E-state index < -0.39 is 0 Å². The van der Waals surface area contributed by atoms with Crippen molar-refractivity contribution in [2.75, 3.05) is 6.61 Å². The number of epoxide rings is 1. The topological polar surface area (TPSA) is 12.5 Å². The molecule has 1 aliphatic rings. The average molecular weight is 208 g/mol. The molecule has 1 nitrogen and oxygen atoms in total. The van der Waals surface area contributed by atoms with Crippen molar-refractivity contribution in [1.29, 1.82) is 0 Å². The summed E-state index contributed by atoms with van der Waals surface area (Å²) in [5.41, 5.74) is 2.69. The molecule has 0 amide bonds. The predicted molar refractivity (Wildman–Crippen MR) is 61.9 cm³/mol. The van der Waals surface area contributed by atoms with Crippen molar-refractivity contribution in [2.24, 2.45) is 0 Å². The standard InChI is InChI=1S/C12H16OS/c1-2-9-3-5-10(6-4-9)12(14)7-11-8-13-11/h3-6,11-12,14H,2,7-8H2,1H3/t11-,12+/m0/s1. The normalized spacial score (nSPS) is 22.0. The third kappa shape index (κ3) is 2.52. The van der Waals surface area contributed by atoms with Crippen molar-refractivity contribution >= 4 is 12.6 Å². The van der Waals surface area contributed by atoms with Crippen molar-refractivity contribution in [3.8, 4) is 0 Å². The van der Waals surface area contributed by atoms with E-state index in [1.807, 2.05) is 0 Å². The number of rotatable bonds is 4. The Morgan fingerprint density at radius 2 is 2.07 bits per heavy atom. The number of hydrogen-bond acceptors (Lipinski definition) is 2. The Morgan fingerprint density at radius 1 is 1.43 bits per heavy atom. The zero-order chi connectivity index (χ0) is 9.97. The zero-order valence-electron chi connectivity index (χ0n) is 8.44. The fourth-order valence-electron chi connectivity index (χ4n) is 1.56. The van der Waals surface area contributed by atoms with Crippen LogP contribution in [0, 0.1) is 0 Å². The summed E-state index contributed by atoms with van der Waals surface area (Å²) in [6.07, 6.45) is 2.60. The van der Waals surface area contributed by atoms with Crippen molar-refractivity contribution in [1.82, 2.24) is 0 Å². The zero-order valence-corrected chi connectivity index (χ0v) is 9.34. The number of benzene rings is 1. The molecule has 0 radical (unpaired) electrons. The molecule has 0 bridgehead atoms. The summed E-state index contributed by atoms with van der Waals surface area (Å²) in [4.78, 5) is 0. The minimum Gasteiger partial charge on any atom is -0.373 e. The highest BCUT2D eigenvalue weighted by Gasteiger charge is 2.25. The van der Waals surface area contributed by atoms with Gasteiger partial charge in [0.05, 0.1) is 12.7 Å². The lowest BCUT2D eigenvalue weighted by atomic mass is 10.0. The van der Waals surface area contributed by atoms with Crippen molar-refractivity contribution in [3.63, 3.8) is 0 Å².